The van der Waals surface area contributed by atoms with Gasteiger partial charge in [-0.2, -0.15) is 9.78 Å². The zero-order valence-electron chi connectivity index (χ0n) is 11.9. The molecule has 1 aliphatic heterocycles. The van der Waals surface area contributed by atoms with E-state index in [2.05, 4.69) is 34.9 Å². The van der Waals surface area contributed by atoms with Crippen LogP contribution in [-0.4, -0.2) is 27.7 Å². The molecule has 0 saturated heterocycles. The van der Waals surface area contributed by atoms with Crippen LogP contribution in [0.25, 0.3) is 11.3 Å². The zero-order chi connectivity index (χ0) is 14.8. The largest absolute Gasteiger partial charge is 0.374 e. The summed E-state index contributed by atoms with van der Waals surface area (Å²) in [4.78, 5) is 1.22. The predicted octanol–water partition coefficient (Wildman–Crippen LogP) is 3.11. The maximum absolute atomic E-state index is 5.84. The Morgan fingerprint density at radius 3 is 2.95 bits per heavy atom. The Labute approximate surface area is 134 Å². The monoisotopic (exact) mass is 318 g/mol. The molecule has 0 radical (unpaired) electrons. The lowest BCUT2D eigenvalue weighted by atomic mass is 10.0. The lowest BCUT2D eigenvalue weighted by Crippen LogP contribution is -2.22. The van der Waals surface area contributed by atoms with Gasteiger partial charge in [0.25, 0.3) is 0 Å². The van der Waals surface area contributed by atoms with E-state index in [0.29, 0.717) is 0 Å². The third-order valence-corrected chi connectivity index (χ3v) is 4.67. The smallest absolute Gasteiger partial charge is 0.193 e. The molecule has 4 nitrogen and oxygen atoms in total. The van der Waals surface area contributed by atoms with Crippen molar-refractivity contribution in [1.29, 1.82) is 0 Å². The molecule has 1 aromatic heterocycles. The van der Waals surface area contributed by atoms with Crippen LogP contribution in [0.4, 0.5) is 5.82 Å². The van der Waals surface area contributed by atoms with Gasteiger partial charge in [0.1, 0.15) is 5.82 Å². The number of thiocarbonyl (C=S) groups is 1. The van der Waals surface area contributed by atoms with Gasteiger partial charge in [-0.1, -0.05) is 18.2 Å². The molecule has 6 heteroatoms. The molecular formula is C15H18N4S2. The van der Waals surface area contributed by atoms with E-state index in [0.717, 1.165) is 42.9 Å². The Bertz CT molecular complexity index is 678. The molecule has 2 heterocycles. The molecule has 0 saturated carbocycles. The lowest BCUT2D eigenvalue weighted by molar-refractivity contribution is 0.781. The highest BCUT2D eigenvalue weighted by molar-refractivity contribution is 7.98. The minimum absolute atomic E-state index is 0.286. The van der Waals surface area contributed by atoms with Crippen molar-refractivity contribution in [3.63, 3.8) is 0 Å². The quantitative estimate of drug-likeness (QED) is 0.658. The molecule has 0 aliphatic carbocycles. The molecule has 0 amide bonds. The Morgan fingerprint density at radius 1 is 1.38 bits per heavy atom. The van der Waals surface area contributed by atoms with Crippen molar-refractivity contribution in [2.24, 2.45) is 5.73 Å². The number of fused-ring (bicyclic) bond motifs is 1. The topological polar surface area (TPSA) is 55.9 Å². The molecule has 2 aromatic rings. The van der Waals surface area contributed by atoms with Gasteiger partial charge in [0.2, 0.25) is 0 Å². The van der Waals surface area contributed by atoms with E-state index in [1.807, 2.05) is 6.07 Å². The number of anilines is 1. The molecule has 110 valence electrons. The number of nitrogens with two attached hydrogens (primary N) is 1. The van der Waals surface area contributed by atoms with Gasteiger partial charge in [0, 0.05) is 22.6 Å². The van der Waals surface area contributed by atoms with E-state index in [-0.39, 0.29) is 5.11 Å². The summed E-state index contributed by atoms with van der Waals surface area (Å²) in [6.45, 7) is 0.935. The summed E-state index contributed by atoms with van der Waals surface area (Å²) in [6.07, 6.45) is 5.39. The van der Waals surface area contributed by atoms with E-state index in [1.165, 1.54) is 10.5 Å². The minimum Gasteiger partial charge on any atom is -0.374 e. The van der Waals surface area contributed by atoms with Gasteiger partial charge >= 0.3 is 0 Å². The lowest BCUT2D eigenvalue weighted by Gasteiger charge is -2.07. The van der Waals surface area contributed by atoms with Gasteiger partial charge in [0.05, 0.1) is 5.69 Å². The molecule has 3 N–H and O–H groups in total. The van der Waals surface area contributed by atoms with Crippen LogP contribution in [0.1, 0.15) is 18.4 Å². The Morgan fingerprint density at radius 2 is 2.19 bits per heavy atom. The molecular weight excluding hydrogens is 300 g/mol. The van der Waals surface area contributed by atoms with Gasteiger partial charge < -0.3 is 11.1 Å². The summed E-state index contributed by atoms with van der Waals surface area (Å²) in [5.41, 5.74) is 9.21. The summed E-state index contributed by atoms with van der Waals surface area (Å²) in [7, 11) is 0. The highest BCUT2D eigenvalue weighted by Crippen LogP contribution is 2.36. The first-order valence-corrected chi connectivity index (χ1v) is 8.64. The van der Waals surface area contributed by atoms with Crippen molar-refractivity contribution in [3.05, 3.63) is 29.8 Å². The van der Waals surface area contributed by atoms with Crippen LogP contribution in [0.3, 0.4) is 0 Å². The van der Waals surface area contributed by atoms with Crippen molar-refractivity contribution >= 4 is 34.9 Å². The second-order valence-electron chi connectivity index (χ2n) is 5.01. The molecule has 0 spiro atoms. The summed E-state index contributed by atoms with van der Waals surface area (Å²) in [6, 6.07) is 8.34. The molecule has 0 unspecified atom stereocenters. The second-order valence-corrected chi connectivity index (χ2v) is 6.28. The van der Waals surface area contributed by atoms with Crippen molar-refractivity contribution < 1.29 is 0 Å². The standard InChI is InChI=1S/C15H18N4S2/c1-21-12-8-3-2-6-10(12)13-11-7-4-5-9-17-14(11)19(18-13)15(16)20/h2-3,6,8,17H,4-5,7,9H2,1H3,(H2,16,20). The highest BCUT2D eigenvalue weighted by atomic mass is 32.2. The first-order chi connectivity index (χ1) is 10.2. The van der Waals surface area contributed by atoms with Gasteiger partial charge in [-0.15, -0.1) is 11.8 Å². The van der Waals surface area contributed by atoms with Crippen molar-refractivity contribution in [1.82, 2.24) is 9.78 Å². The molecule has 0 bridgehead atoms. The number of nitrogens with one attached hydrogen (secondary N) is 1. The normalized spacial score (nSPS) is 14.1. The summed E-state index contributed by atoms with van der Waals surface area (Å²) in [5.74, 6) is 0.964. The number of nitrogens with zero attached hydrogens (tertiary/aromatic N) is 2. The Kier molecular flexibility index (Phi) is 4.17. The van der Waals surface area contributed by atoms with Gasteiger partial charge in [-0.3, -0.25) is 0 Å². The van der Waals surface area contributed by atoms with Crippen LogP contribution in [0, 0.1) is 0 Å². The SMILES string of the molecule is CSc1ccccc1-c1nn(C(N)=S)c2c1CCCCN2. The number of aromatic nitrogens is 2. The zero-order valence-corrected chi connectivity index (χ0v) is 13.6. The number of thioether (sulfide) groups is 1. The van der Waals surface area contributed by atoms with E-state index < -0.39 is 0 Å². The summed E-state index contributed by atoms with van der Waals surface area (Å²) in [5, 5.41) is 8.40. The summed E-state index contributed by atoms with van der Waals surface area (Å²) >= 11 is 6.88. The fourth-order valence-corrected chi connectivity index (χ4v) is 3.45. The average Bonchev–Trinajstić information content (AvgIpc) is 2.69. The second kappa shape index (κ2) is 6.07. The number of hydrogen-bond donors (Lipinski definition) is 2. The van der Waals surface area contributed by atoms with E-state index in [4.69, 9.17) is 18.0 Å². The Hall–Kier alpha value is -1.53. The van der Waals surface area contributed by atoms with Crippen LogP contribution in [0.5, 0.6) is 0 Å². The van der Waals surface area contributed by atoms with Crippen molar-refractivity contribution in [2.75, 3.05) is 18.1 Å². The van der Waals surface area contributed by atoms with E-state index in [1.54, 1.807) is 16.4 Å². The third-order valence-electron chi connectivity index (χ3n) is 3.70. The maximum Gasteiger partial charge on any atom is 0.193 e. The Balaban J connectivity index is 2.21. The molecule has 0 atom stereocenters. The molecule has 1 aromatic carbocycles. The van der Waals surface area contributed by atoms with Gasteiger partial charge in [-0.05, 0) is 43.8 Å². The maximum atomic E-state index is 5.84. The van der Waals surface area contributed by atoms with Gasteiger partial charge in [-0.25, -0.2) is 0 Å². The van der Waals surface area contributed by atoms with E-state index in [9.17, 15) is 0 Å². The fraction of sp³-hybridized carbons (Fsp3) is 0.333. The third kappa shape index (κ3) is 2.65. The van der Waals surface area contributed by atoms with Crippen molar-refractivity contribution in [3.8, 4) is 11.3 Å². The number of rotatable bonds is 2. The van der Waals surface area contributed by atoms with Crippen LogP contribution in [0.2, 0.25) is 0 Å². The van der Waals surface area contributed by atoms with Crippen LogP contribution >= 0.6 is 24.0 Å². The van der Waals surface area contributed by atoms with Crippen LogP contribution in [-0.2, 0) is 6.42 Å². The summed E-state index contributed by atoms with van der Waals surface area (Å²) < 4.78 is 1.67. The first kappa shape index (κ1) is 14.4. The van der Waals surface area contributed by atoms with Gasteiger partial charge in [0.15, 0.2) is 5.11 Å². The molecule has 21 heavy (non-hydrogen) atoms. The predicted molar refractivity (Wildman–Crippen MR) is 93.1 cm³/mol. The minimum atomic E-state index is 0.286. The fourth-order valence-electron chi connectivity index (χ4n) is 2.72. The van der Waals surface area contributed by atoms with Crippen LogP contribution in [0.15, 0.2) is 29.2 Å². The van der Waals surface area contributed by atoms with Crippen molar-refractivity contribution in [2.45, 2.75) is 24.2 Å². The number of benzene rings is 1. The first-order valence-electron chi connectivity index (χ1n) is 7.01. The van der Waals surface area contributed by atoms with Crippen LogP contribution < -0.4 is 11.1 Å². The molecule has 0 fully saturated rings. The highest BCUT2D eigenvalue weighted by Gasteiger charge is 2.22. The van der Waals surface area contributed by atoms with E-state index >= 15 is 0 Å². The molecule has 3 rings (SSSR count). The number of hydrogen-bond acceptors (Lipinski definition) is 4. The molecule has 1 aliphatic rings. The average molecular weight is 318 g/mol.